The fourth-order valence-corrected chi connectivity index (χ4v) is 2.04. The van der Waals surface area contributed by atoms with Crippen LogP contribution in [-0.2, 0) is 4.74 Å². The Morgan fingerprint density at radius 1 is 1.30 bits per heavy atom. The quantitative estimate of drug-likeness (QED) is 0.385. The number of hydrogen-bond acceptors (Lipinski definition) is 6. The Kier molecular flexibility index (Phi) is 5.64. The Hall–Kier alpha value is -2.94. The van der Waals surface area contributed by atoms with Gasteiger partial charge in [-0.1, -0.05) is 18.2 Å². The summed E-state index contributed by atoms with van der Waals surface area (Å²) in [5, 5.41) is 25.4. The predicted octanol–water partition coefficient (Wildman–Crippen LogP) is 1.84. The van der Waals surface area contributed by atoms with Crippen molar-refractivity contribution in [1.82, 2.24) is 10.3 Å². The number of ether oxygens (including phenoxy) is 1. The number of nitrogens with zero attached hydrogens (tertiary/aromatic N) is 2. The number of hydrogen-bond donors (Lipinski definition) is 3. The van der Waals surface area contributed by atoms with Crippen LogP contribution in [0.5, 0.6) is 0 Å². The summed E-state index contributed by atoms with van der Waals surface area (Å²) in [6, 6.07) is 7.13. The molecule has 1 aromatic carbocycles. The number of anilines is 1. The third-order valence-electron chi connectivity index (χ3n) is 3.02. The van der Waals surface area contributed by atoms with Crippen LogP contribution in [0.25, 0.3) is 10.9 Å². The van der Waals surface area contributed by atoms with Gasteiger partial charge in [-0.2, -0.15) is 0 Å². The third kappa shape index (κ3) is 4.51. The lowest BCUT2D eigenvalue weighted by Gasteiger charge is -2.10. The number of benzene rings is 1. The van der Waals surface area contributed by atoms with Gasteiger partial charge in [0.25, 0.3) is 0 Å². The fourth-order valence-electron chi connectivity index (χ4n) is 2.04. The van der Waals surface area contributed by atoms with Crippen LogP contribution in [0.4, 0.5) is 16.2 Å². The zero-order valence-electron chi connectivity index (χ0n) is 12.2. The maximum absolute atomic E-state index is 11.1. The molecule has 23 heavy (non-hydrogen) atoms. The van der Waals surface area contributed by atoms with Gasteiger partial charge in [-0.3, -0.25) is 10.1 Å². The van der Waals surface area contributed by atoms with Crippen molar-refractivity contribution in [2.75, 3.05) is 31.6 Å². The van der Waals surface area contributed by atoms with Gasteiger partial charge >= 0.3 is 11.8 Å². The molecule has 1 amide bonds. The van der Waals surface area contributed by atoms with E-state index in [0.29, 0.717) is 23.1 Å². The van der Waals surface area contributed by atoms with Gasteiger partial charge in [-0.25, -0.2) is 9.78 Å². The molecule has 0 spiro atoms. The Labute approximate surface area is 131 Å². The molecule has 3 N–H and O–H groups in total. The summed E-state index contributed by atoms with van der Waals surface area (Å²) >= 11 is 0. The molecule has 122 valence electrons. The number of fused-ring (bicyclic) bond motifs is 1. The second-order valence-electron chi connectivity index (χ2n) is 4.56. The molecular weight excluding hydrogens is 304 g/mol. The number of nitrogens with one attached hydrogen (secondary N) is 2. The van der Waals surface area contributed by atoms with Crippen molar-refractivity contribution in [2.24, 2.45) is 0 Å². The van der Waals surface area contributed by atoms with E-state index in [0.717, 1.165) is 0 Å². The van der Waals surface area contributed by atoms with Gasteiger partial charge < -0.3 is 20.5 Å². The van der Waals surface area contributed by atoms with E-state index < -0.39 is 11.0 Å². The molecule has 0 aliphatic rings. The molecule has 1 heterocycles. The Morgan fingerprint density at radius 3 is 2.78 bits per heavy atom. The van der Waals surface area contributed by atoms with Crippen LogP contribution in [-0.4, -0.2) is 47.4 Å². The van der Waals surface area contributed by atoms with Crippen LogP contribution < -0.4 is 10.6 Å². The van der Waals surface area contributed by atoms with Gasteiger partial charge in [-0.15, -0.1) is 0 Å². The molecule has 0 aliphatic heterocycles. The molecular formula is C14H16N4O5. The number of para-hydroxylation sites is 1. The molecule has 0 aliphatic carbocycles. The maximum atomic E-state index is 11.1. The summed E-state index contributed by atoms with van der Waals surface area (Å²) in [4.78, 5) is 25.0. The molecule has 0 saturated carbocycles. The van der Waals surface area contributed by atoms with Crippen molar-refractivity contribution in [3.63, 3.8) is 0 Å². The number of nitro groups is 1. The highest BCUT2D eigenvalue weighted by Crippen LogP contribution is 2.30. The number of amides is 1. The molecule has 0 bridgehead atoms. The molecule has 1 aromatic heterocycles. The van der Waals surface area contributed by atoms with E-state index in [-0.39, 0.29) is 25.4 Å². The van der Waals surface area contributed by atoms with E-state index in [4.69, 9.17) is 9.84 Å². The summed E-state index contributed by atoms with van der Waals surface area (Å²) in [6.45, 7) is 1.05. The van der Waals surface area contributed by atoms with Crippen LogP contribution >= 0.6 is 0 Å². The second kappa shape index (κ2) is 7.90. The van der Waals surface area contributed by atoms with Gasteiger partial charge in [0.1, 0.15) is 11.9 Å². The molecule has 9 nitrogen and oxygen atoms in total. The van der Waals surface area contributed by atoms with Crippen molar-refractivity contribution in [3.8, 4) is 0 Å². The SMILES string of the molecule is O=C(O)NCCOCCNc1c([N+](=O)[O-])cnc2ccccc12. The van der Waals surface area contributed by atoms with E-state index in [2.05, 4.69) is 15.6 Å². The van der Waals surface area contributed by atoms with Crippen LogP contribution in [0, 0.1) is 10.1 Å². The predicted molar refractivity (Wildman–Crippen MR) is 83.7 cm³/mol. The van der Waals surface area contributed by atoms with Crippen molar-refractivity contribution in [1.29, 1.82) is 0 Å². The highest BCUT2D eigenvalue weighted by Gasteiger charge is 2.17. The lowest BCUT2D eigenvalue weighted by Crippen LogP contribution is -2.26. The summed E-state index contributed by atoms with van der Waals surface area (Å²) in [7, 11) is 0. The molecule has 2 aromatic rings. The van der Waals surface area contributed by atoms with Gasteiger partial charge in [0.2, 0.25) is 0 Å². The van der Waals surface area contributed by atoms with E-state index >= 15 is 0 Å². The van der Waals surface area contributed by atoms with E-state index in [1.54, 1.807) is 18.2 Å². The second-order valence-corrected chi connectivity index (χ2v) is 4.56. The average molecular weight is 320 g/mol. The van der Waals surface area contributed by atoms with Crippen molar-refractivity contribution < 1.29 is 19.6 Å². The molecule has 9 heteroatoms. The van der Waals surface area contributed by atoms with Crippen LogP contribution in [0.1, 0.15) is 0 Å². The first kappa shape index (κ1) is 16.4. The fraction of sp³-hybridized carbons (Fsp3) is 0.286. The zero-order valence-corrected chi connectivity index (χ0v) is 12.2. The highest BCUT2D eigenvalue weighted by atomic mass is 16.6. The largest absolute Gasteiger partial charge is 0.465 e. The van der Waals surface area contributed by atoms with Gasteiger partial charge in [0, 0.05) is 18.5 Å². The summed E-state index contributed by atoms with van der Waals surface area (Å²) in [5.74, 6) is 0. The van der Waals surface area contributed by atoms with E-state index in [1.165, 1.54) is 6.20 Å². The normalized spacial score (nSPS) is 10.4. The molecule has 0 atom stereocenters. The van der Waals surface area contributed by atoms with Crippen LogP contribution in [0.15, 0.2) is 30.5 Å². The lowest BCUT2D eigenvalue weighted by molar-refractivity contribution is -0.384. The summed E-state index contributed by atoms with van der Waals surface area (Å²) in [6.07, 6.45) is 0.119. The monoisotopic (exact) mass is 320 g/mol. The van der Waals surface area contributed by atoms with Crippen LogP contribution in [0.2, 0.25) is 0 Å². The number of carboxylic acid groups (broad SMARTS) is 1. The third-order valence-corrected chi connectivity index (χ3v) is 3.02. The van der Waals surface area contributed by atoms with Crippen molar-refractivity contribution in [2.45, 2.75) is 0 Å². The minimum absolute atomic E-state index is 0.101. The number of carbonyl (C=O) groups is 1. The van der Waals surface area contributed by atoms with E-state index in [9.17, 15) is 14.9 Å². The summed E-state index contributed by atoms with van der Waals surface area (Å²) < 4.78 is 5.24. The Bertz CT molecular complexity index is 707. The first-order chi connectivity index (χ1) is 11.1. The van der Waals surface area contributed by atoms with E-state index in [1.807, 2.05) is 6.07 Å². The summed E-state index contributed by atoms with van der Waals surface area (Å²) in [5.41, 5.74) is 0.955. The molecule has 0 radical (unpaired) electrons. The number of aromatic nitrogens is 1. The Balaban J connectivity index is 1.97. The highest BCUT2D eigenvalue weighted by molar-refractivity contribution is 5.95. The number of rotatable bonds is 8. The first-order valence-electron chi connectivity index (χ1n) is 6.90. The van der Waals surface area contributed by atoms with Crippen molar-refractivity contribution in [3.05, 3.63) is 40.6 Å². The van der Waals surface area contributed by atoms with Gasteiger partial charge in [-0.05, 0) is 6.07 Å². The van der Waals surface area contributed by atoms with Gasteiger partial charge in [0.15, 0.2) is 0 Å². The van der Waals surface area contributed by atoms with Gasteiger partial charge in [0.05, 0.1) is 23.7 Å². The lowest BCUT2D eigenvalue weighted by atomic mass is 10.1. The molecule has 0 fully saturated rings. The molecule has 0 unspecified atom stereocenters. The average Bonchev–Trinajstić information content (AvgIpc) is 2.53. The maximum Gasteiger partial charge on any atom is 0.404 e. The van der Waals surface area contributed by atoms with Crippen LogP contribution in [0.3, 0.4) is 0 Å². The number of pyridine rings is 1. The minimum Gasteiger partial charge on any atom is -0.465 e. The standard InChI is InChI=1S/C14H16N4O5/c19-14(20)16-6-8-23-7-5-15-13-10-3-1-2-4-11(10)17-9-12(13)18(21)22/h1-4,9,16H,5-8H2,(H,15,17)(H,19,20). The minimum atomic E-state index is -1.11. The first-order valence-corrected chi connectivity index (χ1v) is 6.90. The molecule has 2 rings (SSSR count). The topological polar surface area (TPSA) is 127 Å². The Morgan fingerprint density at radius 2 is 2.04 bits per heavy atom. The molecule has 0 saturated heterocycles. The smallest absolute Gasteiger partial charge is 0.404 e. The zero-order chi connectivity index (χ0) is 16.7. The van der Waals surface area contributed by atoms with Crippen molar-refractivity contribution >= 4 is 28.4 Å².